The third-order valence-corrected chi connectivity index (χ3v) is 2.35. The zero-order valence-electron chi connectivity index (χ0n) is 8.83. The Balaban J connectivity index is 2.59. The SMILES string of the molecule is CC(C)(C)[C@H](NC(=O)C1CC1)C(=O)O. The van der Waals surface area contributed by atoms with E-state index in [4.69, 9.17) is 5.11 Å². The lowest BCUT2D eigenvalue weighted by atomic mass is 9.86. The van der Waals surface area contributed by atoms with E-state index in [0.717, 1.165) is 12.8 Å². The summed E-state index contributed by atoms with van der Waals surface area (Å²) < 4.78 is 0. The lowest BCUT2D eigenvalue weighted by Gasteiger charge is -2.27. The van der Waals surface area contributed by atoms with Gasteiger partial charge in [-0.2, -0.15) is 0 Å². The summed E-state index contributed by atoms with van der Waals surface area (Å²) in [5, 5.41) is 11.5. The number of amides is 1. The van der Waals surface area contributed by atoms with Gasteiger partial charge in [-0.25, -0.2) is 4.79 Å². The highest BCUT2D eigenvalue weighted by molar-refractivity contribution is 5.86. The van der Waals surface area contributed by atoms with Crippen LogP contribution in [0.3, 0.4) is 0 Å². The van der Waals surface area contributed by atoms with Crippen LogP contribution in [-0.4, -0.2) is 23.0 Å². The van der Waals surface area contributed by atoms with Gasteiger partial charge in [-0.05, 0) is 18.3 Å². The zero-order valence-corrected chi connectivity index (χ0v) is 8.83. The molecule has 0 aromatic rings. The molecule has 0 bridgehead atoms. The van der Waals surface area contributed by atoms with Crippen molar-refractivity contribution in [2.24, 2.45) is 11.3 Å². The number of aliphatic carboxylic acids is 1. The fourth-order valence-corrected chi connectivity index (χ4v) is 1.25. The van der Waals surface area contributed by atoms with E-state index in [2.05, 4.69) is 5.32 Å². The van der Waals surface area contributed by atoms with Crippen LogP contribution in [0.25, 0.3) is 0 Å². The monoisotopic (exact) mass is 199 g/mol. The van der Waals surface area contributed by atoms with Crippen LogP contribution < -0.4 is 5.32 Å². The highest BCUT2D eigenvalue weighted by Gasteiger charge is 2.37. The van der Waals surface area contributed by atoms with E-state index >= 15 is 0 Å². The van der Waals surface area contributed by atoms with Crippen molar-refractivity contribution in [1.29, 1.82) is 0 Å². The summed E-state index contributed by atoms with van der Waals surface area (Å²) in [6.45, 7) is 5.41. The summed E-state index contributed by atoms with van der Waals surface area (Å²) in [6.07, 6.45) is 1.78. The summed E-state index contributed by atoms with van der Waals surface area (Å²) in [5.41, 5.74) is -0.448. The maximum atomic E-state index is 11.4. The van der Waals surface area contributed by atoms with Crippen LogP contribution in [0.15, 0.2) is 0 Å². The molecule has 0 aliphatic heterocycles. The first-order valence-electron chi connectivity index (χ1n) is 4.85. The van der Waals surface area contributed by atoms with Gasteiger partial charge in [0.15, 0.2) is 0 Å². The second kappa shape index (κ2) is 3.59. The number of carbonyl (C=O) groups excluding carboxylic acids is 1. The molecule has 14 heavy (non-hydrogen) atoms. The van der Waals surface area contributed by atoms with E-state index in [0.29, 0.717) is 0 Å². The summed E-state index contributed by atoms with van der Waals surface area (Å²) in [6, 6.07) is -0.796. The van der Waals surface area contributed by atoms with Crippen molar-refractivity contribution in [3.8, 4) is 0 Å². The molecule has 1 saturated carbocycles. The molecule has 0 heterocycles. The van der Waals surface area contributed by atoms with Gasteiger partial charge in [0.2, 0.25) is 5.91 Å². The number of rotatable bonds is 3. The molecule has 80 valence electrons. The summed E-state index contributed by atoms with van der Waals surface area (Å²) >= 11 is 0. The van der Waals surface area contributed by atoms with Crippen LogP contribution in [0.1, 0.15) is 33.6 Å². The number of hydrogen-bond donors (Lipinski definition) is 2. The third-order valence-electron chi connectivity index (χ3n) is 2.35. The van der Waals surface area contributed by atoms with Gasteiger partial charge >= 0.3 is 5.97 Å². The third kappa shape index (κ3) is 2.72. The van der Waals surface area contributed by atoms with Gasteiger partial charge in [-0.1, -0.05) is 20.8 Å². The summed E-state index contributed by atoms with van der Waals surface area (Å²) in [5.74, 6) is -1.03. The van der Waals surface area contributed by atoms with Crippen molar-refractivity contribution in [1.82, 2.24) is 5.32 Å². The quantitative estimate of drug-likeness (QED) is 0.713. The van der Waals surface area contributed by atoms with Gasteiger partial charge in [-0.15, -0.1) is 0 Å². The first-order chi connectivity index (χ1) is 6.32. The van der Waals surface area contributed by atoms with Gasteiger partial charge in [0.1, 0.15) is 6.04 Å². The van der Waals surface area contributed by atoms with Crippen molar-refractivity contribution in [2.75, 3.05) is 0 Å². The Morgan fingerprint density at radius 1 is 1.36 bits per heavy atom. The first kappa shape index (κ1) is 11.0. The van der Waals surface area contributed by atoms with Gasteiger partial charge in [0.05, 0.1) is 0 Å². The van der Waals surface area contributed by atoms with Crippen LogP contribution in [0.5, 0.6) is 0 Å². The lowest BCUT2D eigenvalue weighted by Crippen LogP contribution is -2.49. The van der Waals surface area contributed by atoms with E-state index in [1.165, 1.54) is 0 Å². The average molecular weight is 199 g/mol. The van der Waals surface area contributed by atoms with Crippen molar-refractivity contribution >= 4 is 11.9 Å². The normalized spacial score (nSPS) is 18.8. The highest BCUT2D eigenvalue weighted by Crippen LogP contribution is 2.30. The predicted octanol–water partition coefficient (Wildman–Crippen LogP) is 1.01. The van der Waals surface area contributed by atoms with Gasteiger partial charge in [-0.3, -0.25) is 4.79 Å². The van der Waals surface area contributed by atoms with E-state index in [9.17, 15) is 9.59 Å². The molecule has 1 aliphatic rings. The largest absolute Gasteiger partial charge is 0.480 e. The van der Waals surface area contributed by atoms with Crippen LogP contribution in [0, 0.1) is 11.3 Å². The standard InChI is InChI=1S/C10H17NO3/c1-10(2,3)7(9(13)14)11-8(12)6-4-5-6/h6-7H,4-5H2,1-3H3,(H,11,12)(H,13,14)/t7-/m1/s1. The Morgan fingerprint density at radius 3 is 2.14 bits per heavy atom. The molecule has 0 aromatic heterocycles. The van der Waals surface area contributed by atoms with E-state index < -0.39 is 17.4 Å². The average Bonchev–Trinajstić information content (AvgIpc) is 2.78. The Morgan fingerprint density at radius 2 is 1.86 bits per heavy atom. The molecule has 1 rings (SSSR count). The van der Waals surface area contributed by atoms with Crippen molar-refractivity contribution in [2.45, 2.75) is 39.7 Å². The first-order valence-corrected chi connectivity index (χ1v) is 4.85. The van der Waals surface area contributed by atoms with Crippen molar-refractivity contribution in [3.05, 3.63) is 0 Å². The van der Waals surface area contributed by atoms with Crippen molar-refractivity contribution < 1.29 is 14.7 Å². The molecule has 1 atom stereocenters. The second-order valence-corrected chi connectivity index (χ2v) is 4.92. The molecule has 1 aliphatic carbocycles. The van der Waals surface area contributed by atoms with E-state index in [1.807, 2.05) is 0 Å². The van der Waals surface area contributed by atoms with Crippen LogP contribution in [0.2, 0.25) is 0 Å². The summed E-state index contributed by atoms with van der Waals surface area (Å²) in [7, 11) is 0. The van der Waals surface area contributed by atoms with E-state index in [1.54, 1.807) is 20.8 Å². The Labute approximate surface area is 83.7 Å². The topological polar surface area (TPSA) is 66.4 Å². The molecule has 0 aromatic carbocycles. The molecule has 0 saturated heterocycles. The lowest BCUT2D eigenvalue weighted by molar-refractivity contribution is -0.145. The van der Waals surface area contributed by atoms with Crippen LogP contribution >= 0.6 is 0 Å². The van der Waals surface area contributed by atoms with Crippen molar-refractivity contribution in [3.63, 3.8) is 0 Å². The predicted molar refractivity (Wildman–Crippen MR) is 51.7 cm³/mol. The number of nitrogens with one attached hydrogen (secondary N) is 1. The maximum Gasteiger partial charge on any atom is 0.326 e. The molecule has 0 spiro atoms. The smallest absolute Gasteiger partial charge is 0.326 e. The Hall–Kier alpha value is -1.06. The zero-order chi connectivity index (χ0) is 10.9. The van der Waals surface area contributed by atoms with Gasteiger partial charge in [0.25, 0.3) is 0 Å². The van der Waals surface area contributed by atoms with E-state index in [-0.39, 0.29) is 11.8 Å². The molecule has 4 heteroatoms. The van der Waals surface area contributed by atoms with Crippen LogP contribution in [0.4, 0.5) is 0 Å². The fourth-order valence-electron chi connectivity index (χ4n) is 1.25. The summed E-state index contributed by atoms with van der Waals surface area (Å²) in [4.78, 5) is 22.3. The number of hydrogen-bond acceptors (Lipinski definition) is 2. The number of carbonyl (C=O) groups is 2. The minimum Gasteiger partial charge on any atom is -0.480 e. The number of carboxylic acid groups (broad SMARTS) is 1. The fraction of sp³-hybridized carbons (Fsp3) is 0.800. The minimum absolute atomic E-state index is 0.0548. The number of carboxylic acids is 1. The van der Waals surface area contributed by atoms with Crippen LogP contribution in [-0.2, 0) is 9.59 Å². The maximum absolute atomic E-state index is 11.4. The highest BCUT2D eigenvalue weighted by atomic mass is 16.4. The molecule has 1 amide bonds. The molecule has 0 radical (unpaired) electrons. The minimum atomic E-state index is -0.966. The van der Waals surface area contributed by atoms with Gasteiger partial charge < -0.3 is 10.4 Å². The Bertz CT molecular complexity index is 251. The molecule has 1 fully saturated rings. The van der Waals surface area contributed by atoms with Gasteiger partial charge in [0, 0.05) is 5.92 Å². The molecule has 4 nitrogen and oxygen atoms in total. The molecular weight excluding hydrogens is 182 g/mol. The molecular formula is C10H17NO3. The molecule has 2 N–H and O–H groups in total. The Kier molecular flexibility index (Phi) is 2.83. The second-order valence-electron chi connectivity index (χ2n) is 4.92. The molecule has 0 unspecified atom stereocenters.